The van der Waals surface area contributed by atoms with Crippen molar-refractivity contribution in [3.05, 3.63) is 99.8 Å². The smallest absolute Gasteiger partial charge is 0.329 e. The van der Waals surface area contributed by atoms with Gasteiger partial charge in [-0.2, -0.15) is 0 Å². The Bertz CT molecular complexity index is 2540. The third-order valence-electron chi connectivity index (χ3n) is 13.8. The second-order valence-corrected chi connectivity index (χ2v) is 18.4. The summed E-state index contributed by atoms with van der Waals surface area (Å²) in [6.45, 7) is 5.44. The summed E-state index contributed by atoms with van der Waals surface area (Å²) in [4.78, 5) is 64.9. The van der Waals surface area contributed by atoms with Crippen LogP contribution in [-0.4, -0.2) is 98.0 Å². The summed E-state index contributed by atoms with van der Waals surface area (Å²) < 4.78 is 16.7. The topological polar surface area (TPSA) is 146 Å². The van der Waals surface area contributed by atoms with Crippen molar-refractivity contribution in [1.29, 1.82) is 0 Å². The summed E-state index contributed by atoms with van der Waals surface area (Å²) in [6, 6.07) is 20.1. The lowest BCUT2D eigenvalue weighted by Crippen LogP contribution is -2.47. The minimum absolute atomic E-state index is 0.103. The number of halogens is 2. The standard InChI is InChI=1S/C48H55ClFN9O4/c1-56-42-26-34(7-14-40(42)59(48(56)63)41-15-16-43(60)54-46(41)62)32-19-23-57(24-20-32)28-30-17-21-58(22-18-30)29-44(61)52-37-10-12-38(13-11-37)53-47-51-27-39(49)45(55-47)35-4-2-3-33(25-35)31-5-8-36(50)9-6-31/h2-9,14,25-27,30,32,37-38,41H,10-13,15-24,28-29H2,1H3,(H,52,61)(H,51,53,55)(H,54,60,62)/t37-,38-,41?. The fraction of sp³-hybridized carbons (Fsp3) is 0.458. The molecule has 1 aliphatic carbocycles. The fourth-order valence-corrected chi connectivity index (χ4v) is 10.4. The van der Waals surface area contributed by atoms with E-state index in [-0.39, 0.29) is 41.8 Å². The molecule has 15 heteroatoms. The number of piperidine rings is 3. The van der Waals surface area contributed by atoms with E-state index in [9.17, 15) is 23.6 Å². The van der Waals surface area contributed by atoms with Gasteiger partial charge in [-0.25, -0.2) is 19.2 Å². The lowest BCUT2D eigenvalue weighted by molar-refractivity contribution is -0.135. The highest BCUT2D eigenvalue weighted by Gasteiger charge is 2.32. The predicted octanol–water partition coefficient (Wildman–Crippen LogP) is 6.67. The molecule has 3 N–H and O–H groups in total. The van der Waals surface area contributed by atoms with Gasteiger partial charge in [-0.15, -0.1) is 0 Å². The number of hydrogen-bond donors (Lipinski definition) is 3. The number of anilines is 1. The number of imide groups is 1. The lowest BCUT2D eigenvalue weighted by Gasteiger charge is -2.38. The van der Waals surface area contributed by atoms with Crippen LogP contribution in [0.4, 0.5) is 10.3 Å². The van der Waals surface area contributed by atoms with Gasteiger partial charge < -0.3 is 15.5 Å². The minimum Gasteiger partial charge on any atom is -0.352 e. The first kappa shape index (κ1) is 42.8. The second kappa shape index (κ2) is 18.7. The number of aromatic nitrogens is 4. The van der Waals surface area contributed by atoms with Crippen LogP contribution in [0.2, 0.25) is 5.02 Å². The fourth-order valence-electron chi connectivity index (χ4n) is 10.2. The number of fused-ring (bicyclic) bond motifs is 1. The van der Waals surface area contributed by atoms with Crippen molar-refractivity contribution in [2.45, 2.75) is 88.3 Å². The highest BCUT2D eigenvalue weighted by Crippen LogP contribution is 2.34. The van der Waals surface area contributed by atoms with Crippen LogP contribution < -0.4 is 21.6 Å². The predicted molar refractivity (Wildman–Crippen MR) is 242 cm³/mol. The molecule has 5 aromatic rings. The van der Waals surface area contributed by atoms with Gasteiger partial charge >= 0.3 is 5.69 Å². The van der Waals surface area contributed by atoms with Crippen LogP contribution in [0.25, 0.3) is 33.4 Å². The van der Waals surface area contributed by atoms with Crippen molar-refractivity contribution in [2.75, 3.05) is 44.6 Å². The van der Waals surface area contributed by atoms with Crippen molar-refractivity contribution < 1.29 is 18.8 Å². The van der Waals surface area contributed by atoms with Crippen molar-refractivity contribution in [1.82, 2.24) is 39.5 Å². The summed E-state index contributed by atoms with van der Waals surface area (Å²) in [6.07, 6.45) is 10.0. The molecule has 5 heterocycles. The molecule has 13 nitrogen and oxygen atoms in total. The molecule has 0 radical (unpaired) electrons. The van der Waals surface area contributed by atoms with Crippen LogP contribution >= 0.6 is 11.6 Å². The van der Waals surface area contributed by atoms with E-state index in [1.807, 2.05) is 30.3 Å². The normalized spacial score (nSPS) is 22.0. The molecule has 9 rings (SSSR count). The van der Waals surface area contributed by atoms with Gasteiger partial charge in [-0.3, -0.25) is 33.7 Å². The van der Waals surface area contributed by atoms with Gasteiger partial charge in [-0.1, -0.05) is 48.0 Å². The van der Waals surface area contributed by atoms with Crippen LogP contribution in [-0.2, 0) is 21.4 Å². The SMILES string of the molecule is Cn1c(=O)n(C2CCC(=O)NC2=O)c2ccc(C3CCN(CC4CCN(CC(=O)N[C@H]5CC[C@H](Nc6ncc(Cl)c(-c7cccc(-c8ccc(F)cc8)c7)n6)CC5)CC4)CC3)cc21. The first-order chi connectivity index (χ1) is 30.5. The highest BCUT2D eigenvalue weighted by atomic mass is 35.5. The Balaban J connectivity index is 0.689. The molecule has 63 heavy (non-hydrogen) atoms. The third-order valence-corrected chi connectivity index (χ3v) is 14.0. The van der Waals surface area contributed by atoms with Gasteiger partial charge in [0.1, 0.15) is 11.9 Å². The molecule has 0 bridgehead atoms. The molecule has 3 saturated heterocycles. The van der Waals surface area contributed by atoms with E-state index in [1.54, 1.807) is 34.5 Å². The van der Waals surface area contributed by atoms with Crippen LogP contribution in [0.1, 0.15) is 81.7 Å². The first-order valence-corrected chi connectivity index (χ1v) is 22.9. The molecular formula is C48H55ClFN9O4. The number of hydrogen-bond acceptors (Lipinski definition) is 9. The molecule has 1 saturated carbocycles. The minimum atomic E-state index is -0.681. The first-order valence-electron chi connectivity index (χ1n) is 22.5. The molecule has 2 aromatic heterocycles. The maximum atomic E-state index is 13.5. The third kappa shape index (κ3) is 9.73. The maximum absolute atomic E-state index is 13.5. The van der Waals surface area contributed by atoms with Gasteiger partial charge in [0.05, 0.1) is 34.5 Å². The van der Waals surface area contributed by atoms with Crippen molar-refractivity contribution >= 4 is 46.3 Å². The molecule has 4 fully saturated rings. The van der Waals surface area contributed by atoms with Gasteiger partial charge in [0.15, 0.2) is 0 Å². The van der Waals surface area contributed by atoms with E-state index in [0.717, 1.165) is 112 Å². The van der Waals surface area contributed by atoms with Crippen molar-refractivity contribution in [3.8, 4) is 22.4 Å². The van der Waals surface area contributed by atoms with Crippen molar-refractivity contribution in [2.24, 2.45) is 13.0 Å². The molecule has 3 aromatic carbocycles. The summed E-state index contributed by atoms with van der Waals surface area (Å²) in [5.74, 6) is 0.664. The number of nitrogens with zero attached hydrogens (tertiary/aromatic N) is 6. The largest absolute Gasteiger partial charge is 0.352 e. The van der Waals surface area contributed by atoms with Crippen LogP contribution in [0.3, 0.4) is 0 Å². The second-order valence-electron chi connectivity index (χ2n) is 18.0. The summed E-state index contributed by atoms with van der Waals surface area (Å²) in [5, 5.41) is 9.64. The molecule has 1 atom stereocenters. The quantitative estimate of drug-likeness (QED) is 0.124. The molecule has 3 amide bonds. The number of carbonyl (C=O) groups excluding carboxylic acids is 3. The maximum Gasteiger partial charge on any atom is 0.329 e. The van der Waals surface area contributed by atoms with Gasteiger partial charge in [-0.05, 0) is 143 Å². The lowest BCUT2D eigenvalue weighted by atomic mass is 9.88. The molecule has 0 spiro atoms. The number of imidazole rings is 1. The molecule has 330 valence electrons. The Labute approximate surface area is 371 Å². The van der Waals surface area contributed by atoms with Crippen LogP contribution in [0.15, 0.2) is 77.7 Å². The number of likely N-dealkylation sites (tertiary alicyclic amines) is 2. The van der Waals surface area contributed by atoms with Gasteiger partial charge in [0.25, 0.3) is 0 Å². The van der Waals surface area contributed by atoms with E-state index in [4.69, 9.17) is 16.6 Å². The zero-order valence-corrected chi connectivity index (χ0v) is 36.5. The van der Waals surface area contributed by atoms with E-state index >= 15 is 0 Å². The Morgan fingerprint density at radius 3 is 2.27 bits per heavy atom. The number of rotatable bonds is 11. The summed E-state index contributed by atoms with van der Waals surface area (Å²) >= 11 is 6.57. The molecule has 1 unspecified atom stereocenters. The number of carbonyl (C=O) groups is 3. The zero-order chi connectivity index (χ0) is 43.6. The summed E-state index contributed by atoms with van der Waals surface area (Å²) in [5.41, 5.74) is 5.86. The monoisotopic (exact) mass is 875 g/mol. The van der Waals surface area contributed by atoms with Gasteiger partial charge in [0, 0.05) is 37.7 Å². The van der Waals surface area contributed by atoms with Crippen LogP contribution in [0.5, 0.6) is 0 Å². The van der Waals surface area contributed by atoms with E-state index < -0.39 is 11.9 Å². The number of nitrogens with one attached hydrogen (secondary N) is 3. The Hall–Kier alpha value is -5.44. The Morgan fingerprint density at radius 2 is 1.52 bits per heavy atom. The average Bonchev–Trinajstić information content (AvgIpc) is 3.53. The molecular weight excluding hydrogens is 821 g/mol. The van der Waals surface area contributed by atoms with Crippen molar-refractivity contribution in [3.63, 3.8) is 0 Å². The highest BCUT2D eigenvalue weighted by molar-refractivity contribution is 6.33. The molecule has 3 aliphatic heterocycles. The Morgan fingerprint density at radius 1 is 0.810 bits per heavy atom. The molecule has 4 aliphatic rings. The van der Waals surface area contributed by atoms with E-state index in [2.05, 4.69) is 42.9 Å². The average molecular weight is 876 g/mol. The Kier molecular flexibility index (Phi) is 12.7. The van der Waals surface area contributed by atoms with Gasteiger partial charge in [0.2, 0.25) is 23.7 Å². The number of amides is 3. The number of aryl methyl sites for hydroxylation is 1. The van der Waals surface area contributed by atoms with E-state index in [0.29, 0.717) is 41.5 Å². The zero-order valence-electron chi connectivity index (χ0n) is 35.7. The van der Waals surface area contributed by atoms with E-state index in [1.165, 1.54) is 17.7 Å². The summed E-state index contributed by atoms with van der Waals surface area (Å²) in [7, 11) is 1.75. The van der Waals surface area contributed by atoms with Crippen LogP contribution in [0, 0.1) is 11.7 Å². The number of benzene rings is 3.